The average molecular weight is 420 g/mol. The number of H-pyrrole nitrogens is 1. The van der Waals surface area contributed by atoms with Crippen LogP contribution in [0.1, 0.15) is 49.5 Å². The first-order valence-electron chi connectivity index (χ1n) is 11.1. The number of ketones is 1. The molecule has 1 fully saturated rings. The van der Waals surface area contributed by atoms with E-state index in [-0.39, 0.29) is 5.78 Å². The van der Waals surface area contributed by atoms with Crippen molar-refractivity contribution in [1.82, 2.24) is 24.8 Å². The molecule has 31 heavy (non-hydrogen) atoms. The Balaban J connectivity index is 1.56. The molecule has 1 saturated heterocycles. The summed E-state index contributed by atoms with van der Waals surface area (Å²) in [6, 6.07) is 9.22. The van der Waals surface area contributed by atoms with Gasteiger partial charge in [0.2, 0.25) is 0 Å². The third-order valence-corrected chi connectivity index (χ3v) is 6.22. The molecule has 0 atom stereocenters. The molecule has 0 aliphatic carbocycles. The predicted molar refractivity (Wildman–Crippen MR) is 125 cm³/mol. The highest BCUT2D eigenvalue weighted by Crippen LogP contribution is 2.27. The summed E-state index contributed by atoms with van der Waals surface area (Å²) in [5, 5.41) is 0. The summed E-state index contributed by atoms with van der Waals surface area (Å²) in [6.07, 6.45) is 5.95. The quantitative estimate of drug-likeness (QED) is 0.622. The first kappa shape index (κ1) is 21.7. The van der Waals surface area contributed by atoms with Crippen LogP contribution in [-0.2, 0) is 6.54 Å². The zero-order chi connectivity index (χ0) is 22.2. The number of piperidine rings is 1. The predicted octanol–water partition coefficient (Wildman–Crippen LogP) is 4.38. The smallest absolute Gasteiger partial charge is 0.171 e. The van der Waals surface area contributed by atoms with E-state index in [1.54, 1.807) is 12.4 Å². The topological polar surface area (TPSA) is 65.1 Å². The molecule has 164 valence electrons. The van der Waals surface area contributed by atoms with Crippen LogP contribution in [0.3, 0.4) is 0 Å². The molecule has 1 aromatic carbocycles. The number of aromatic nitrogens is 3. The van der Waals surface area contributed by atoms with Crippen LogP contribution in [0.2, 0.25) is 0 Å². The van der Waals surface area contributed by atoms with E-state index in [9.17, 15) is 4.79 Å². The van der Waals surface area contributed by atoms with E-state index in [2.05, 4.69) is 58.1 Å². The molecule has 3 aromatic rings. The average Bonchev–Trinajstić information content (AvgIpc) is 3.16. The van der Waals surface area contributed by atoms with Gasteiger partial charge in [-0.3, -0.25) is 9.69 Å². The third kappa shape index (κ3) is 4.70. The summed E-state index contributed by atoms with van der Waals surface area (Å²) < 4.78 is 0. The van der Waals surface area contributed by atoms with E-state index in [0.29, 0.717) is 22.8 Å². The first-order chi connectivity index (χ1) is 14.7. The summed E-state index contributed by atoms with van der Waals surface area (Å²) in [4.78, 5) is 30.1. The zero-order valence-corrected chi connectivity index (χ0v) is 19.3. The lowest BCUT2D eigenvalue weighted by atomic mass is 9.87. The molecule has 1 N–H and O–H groups in total. The van der Waals surface area contributed by atoms with Crippen LogP contribution in [0.5, 0.6) is 0 Å². The molecule has 6 heteroatoms. The molecular formula is C25H33N5O. The minimum Gasteiger partial charge on any atom is -0.344 e. The molecule has 6 nitrogen and oxygen atoms in total. The summed E-state index contributed by atoms with van der Waals surface area (Å²) >= 11 is 0. The number of fused-ring (bicyclic) bond motifs is 1. The zero-order valence-electron chi connectivity index (χ0n) is 19.3. The van der Waals surface area contributed by atoms with Gasteiger partial charge in [0.15, 0.2) is 11.4 Å². The van der Waals surface area contributed by atoms with E-state index < -0.39 is 5.41 Å². The fourth-order valence-corrected chi connectivity index (χ4v) is 4.29. The maximum absolute atomic E-state index is 12.8. The van der Waals surface area contributed by atoms with Gasteiger partial charge >= 0.3 is 0 Å². The van der Waals surface area contributed by atoms with E-state index in [1.165, 1.54) is 18.4 Å². The van der Waals surface area contributed by atoms with Gasteiger partial charge < -0.3 is 9.88 Å². The van der Waals surface area contributed by atoms with Crippen LogP contribution in [0.25, 0.3) is 22.4 Å². The van der Waals surface area contributed by atoms with Crippen molar-refractivity contribution in [2.75, 3.05) is 27.2 Å². The van der Waals surface area contributed by atoms with Crippen molar-refractivity contribution in [3.05, 3.63) is 47.8 Å². The number of hydrogen-bond acceptors (Lipinski definition) is 5. The lowest BCUT2D eigenvalue weighted by Crippen LogP contribution is -2.41. The second-order valence-electron chi connectivity index (χ2n) is 9.91. The van der Waals surface area contributed by atoms with Gasteiger partial charge in [-0.25, -0.2) is 9.97 Å². The molecule has 4 rings (SSSR count). The van der Waals surface area contributed by atoms with Crippen LogP contribution in [0.4, 0.5) is 0 Å². The molecular weight excluding hydrogens is 386 g/mol. The molecule has 0 unspecified atom stereocenters. The highest BCUT2D eigenvalue weighted by atomic mass is 16.1. The Hall–Kier alpha value is -2.57. The minimum absolute atomic E-state index is 0.0695. The van der Waals surface area contributed by atoms with Crippen molar-refractivity contribution in [3.63, 3.8) is 0 Å². The Morgan fingerprint density at radius 3 is 2.65 bits per heavy atom. The van der Waals surface area contributed by atoms with Crippen molar-refractivity contribution in [2.45, 2.75) is 46.2 Å². The molecule has 0 amide bonds. The van der Waals surface area contributed by atoms with Gasteiger partial charge in [0.05, 0.1) is 17.5 Å². The van der Waals surface area contributed by atoms with E-state index in [0.717, 1.165) is 30.9 Å². The molecule has 0 radical (unpaired) electrons. The summed E-state index contributed by atoms with van der Waals surface area (Å²) in [5.41, 5.74) is 4.55. The first-order valence-corrected chi connectivity index (χ1v) is 11.1. The van der Waals surface area contributed by atoms with E-state index in [4.69, 9.17) is 4.98 Å². The second-order valence-corrected chi connectivity index (χ2v) is 9.91. The SMILES string of the molecule is CN(C)C1CCN(Cc2cccc(-c3cnc4[nH]cc(C(=O)C(C)(C)C)c4n3)c2)CC1. The van der Waals surface area contributed by atoms with E-state index >= 15 is 0 Å². The van der Waals surface area contributed by atoms with Crippen LogP contribution in [-0.4, -0.2) is 63.8 Å². The van der Waals surface area contributed by atoms with Gasteiger partial charge in [-0.15, -0.1) is 0 Å². The third-order valence-electron chi connectivity index (χ3n) is 6.22. The van der Waals surface area contributed by atoms with Crippen LogP contribution in [0, 0.1) is 5.41 Å². The summed E-state index contributed by atoms with van der Waals surface area (Å²) in [6.45, 7) is 8.98. The number of rotatable bonds is 5. The maximum atomic E-state index is 12.8. The van der Waals surface area contributed by atoms with E-state index in [1.807, 2.05) is 20.8 Å². The monoisotopic (exact) mass is 419 g/mol. The Morgan fingerprint density at radius 1 is 1.23 bits per heavy atom. The number of Topliss-reactive ketones (excluding diaryl/α,β-unsaturated/α-hetero) is 1. The number of carbonyl (C=O) groups is 1. The highest BCUT2D eigenvalue weighted by molar-refractivity contribution is 6.08. The standard InChI is InChI=1S/C25H33N5O/c1-25(2,3)23(31)20-14-26-24-22(20)28-21(15-27-24)18-8-6-7-17(13-18)16-30-11-9-19(10-12-30)29(4)5/h6-8,13-15,19H,9-12,16H2,1-5H3,(H,26,27). The van der Waals surface area contributed by atoms with Gasteiger partial charge in [0.25, 0.3) is 0 Å². The van der Waals surface area contributed by atoms with Crippen LogP contribution < -0.4 is 0 Å². The number of benzene rings is 1. The Labute approximate surface area is 184 Å². The normalized spacial score (nSPS) is 16.3. The van der Waals surface area contributed by atoms with Gasteiger partial charge in [-0.2, -0.15) is 0 Å². The van der Waals surface area contributed by atoms with Gasteiger partial charge in [0, 0.05) is 29.8 Å². The molecule has 0 saturated carbocycles. The summed E-state index contributed by atoms with van der Waals surface area (Å²) in [7, 11) is 4.35. The highest BCUT2D eigenvalue weighted by Gasteiger charge is 2.26. The number of nitrogens with one attached hydrogen (secondary N) is 1. The van der Waals surface area contributed by atoms with Crippen molar-refractivity contribution in [2.24, 2.45) is 5.41 Å². The molecule has 1 aliphatic heterocycles. The van der Waals surface area contributed by atoms with Gasteiger partial charge in [-0.05, 0) is 51.7 Å². The lowest BCUT2D eigenvalue weighted by Gasteiger charge is -2.35. The number of likely N-dealkylation sites (tertiary alicyclic amines) is 1. The Bertz CT molecular complexity index is 1070. The molecule has 2 aromatic heterocycles. The van der Waals surface area contributed by atoms with Crippen LogP contribution in [0.15, 0.2) is 36.7 Å². The van der Waals surface area contributed by atoms with Crippen molar-refractivity contribution in [3.8, 4) is 11.3 Å². The molecule has 0 spiro atoms. The maximum Gasteiger partial charge on any atom is 0.171 e. The fourth-order valence-electron chi connectivity index (χ4n) is 4.29. The van der Waals surface area contributed by atoms with Crippen LogP contribution >= 0.6 is 0 Å². The van der Waals surface area contributed by atoms with Crippen molar-refractivity contribution >= 4 is 16.9 Å². The number of carbonyl (C=O) groups excluding carboxylic acids is 1. The van der Waals surface area contributed by atoms with Gasteiger partial charge in [-0.1, -0.05) is 39.0 Å². The van der Waals surface area contributed by atoms with Crippen molar-refractivity contribution in [1.29, 1.82) is 0 Å². The minimum atomic E-state index is -0.466. The lowest BCUT2D eigenvalue weighted by molar-refractivity contribution is 0.0860. The molecule has 3 heterocycles. The Kier molecular flexibility index (Phi) is 5.95. The Morgan fingerprint density at radius 2 is 1.97 bits per heavy atom. The number of hydrogen-bond donors (Lipinski definition) is 1. The molecule has 0 bridgehead atoms. The van der Waals surface area contributed by atoms with Crippen molar-refractivity contribution < 1.29 is 4.79 Å². The fraction of sp³-hybridized carbons (Fsp3) is 0.480. The number of nitrogens with zero attached hydrogens (tertiary/aromatic N) is 4. The largest absolute Gasteiger partial charge is 0.344 e. The number of aromatic amines is 1. The second kappa shape index (κ2) is 8.52. The summed E-state index contributed by atoms with van der Waals surface area (Å²) in [5.74, 6) is 0.0695. The van der Waals surface area contributed by atoms with Gasteiger partial charge in [0.1, 0.15) is 5.52 Å². The molecule has 1 aliphatic rings.